The number of thiazole rings is 1. The maximum absolute atomic E-state index is 14.1. The van der Waals surface area contributed by atoms with E-state index in [2.05, 4.69) is 20.8 Å². The second kappa shape index (κ2) is 17.7. The molecule has 276 valence electrons. The number of aromatic nitrogens is 1. The maximum Gasteiger partial charge on any atom is 0.321 e. The first kappa shape index (κ1) is 39.4. The monoisotopic (exact) mass is 741 g/mol. The molecule has 0 spiro atoms. The van der Waals surface area contributed by atoms with Gasteiger partial charge in [0.2, 0.25) is 21.8 Å². The summed E-state index contributed by atoms with van der Waals surface area (Å²) in [6, 6.07) is 13.0. The summed E-state index contributed by atoms with van der Waals surface area (Å²) in [6.07, 6.45) is 0.0838. The number of urea groups is 1. The molecule has 0 aliphatic carbocycles. The number of sulfonamides is 1. The van der Waals surface area contributed by atoms with Crippen LogP contribution in [0.15, 0.2) is 70.0 Å². The van der Waals surface area contributed by atoms with Crippen molar-refractivity contribution in [2.24, 2.45) is 17.0 Å². The number of hydrogen-bond acceptors (Lipinski definition) is 10. The average Bonchev–Trinajstić information content (AvgIpc) is 3.66. The predicted molar refractivity (Wildman–Crippen MR) is 195 cm³/mol. The van der Waals surface area contributed by atoms with Gasteiger partial charge in [-0.15, -0.1) is 11.3 Å². The van der Waals surface area contributed by atoms with E-state index in [-0.39, 0.29) is 54.7 Å². The van der Waals surface area contributed by atoms with Gasteiger partial charge in [0.05, 0.1) is 35.5 Å². The fourth-order valence-corrected chi connectivity index (χ4v) is 8.34. The van der Waals surface area contributed by atoms with Crippen LogP contribution in [0.5, 0.6) is 0 Å². The van der Waals surface area contributed by atoms with Gasteiger partial charge in [-0.3, -0.25) is 9.59 Å². The lowest BCUT2D eigenvalue weighted by Crippen LogP contribution is -2.57. The van der Waals surface area contributed by atoms with Crippen LogP contribution in [0.3, 0.4) is 0 Å². The molecule has 1 aliphatic heterocycles. The van der Waals surface area contributed by atoms with Crippen LogP contribution in [-0.4, -0.2) is 106 Å². The Hall–Kier alpha value is -4.38. The lowest BCUT2D eigenvalue weighted by Gasteiger charge is -2.34. The van der Waals surface area contributed by atoms with Gasteiger partial charge in [-0.2, -0.15) is 4.31 Å². The molecule has 4 amide bonds. The summed E-state index contributed by atoms with van der Waals surface area (Å²) in [5.41, 5.74) is 1.95. The molecule has 2 heterocycles. The zero-order chi connectivity index (χ0) is 37.3. The third-order valence-electron chi connectivity index (χ3n) is 8.33. The molecule has 3 aromatic rings. The van der Waals surface area contributed by atoms with E-state index in [0.717, 1.165) is 5.56 Å². The van der Waals surface area contributed by atoms with E-state index >= 15 is 0 Å². The highest BCUT2D eigenvalue weighted by molar-refractivity contribution is 7.89. The van der Waals surface area contributed by atoms with Gasteiger partial charge in [0, 0.05) is 38.5 Å². The quantitative estimate of drug-likeness (QED) is 0.0919. The third kappa shape index (κ3) is 10.6. The molecule has 4 rings (SSSR count). The van der Waals surface area contributed by atoms with E-state index in [9.17, 15) is 27.9 Å². The molecular weight excluding hydrogens is 695 g/mol. The normalized spacial score (nSPS) is 15.6. The van der Waals surface area contributed by atoms with Crippen LogP contribution in [0, 0.1) is 11.8 Å². The van der Waals surface area contributed by atoms with E-state index < -0.39 is 34.1 Å². The molecule has 1 aromatic heterocycles. The molecule has 1 fully saturated rings. The minimum Gasteiger partial charge on any atom is -0.411 e. The molecule has 0 unspecified atom stereocenters. The van der Waals surface area contributed by atoms with Gasteiger partial charge in [-0.1, -0.05) is 75.3 Å². The third-order valence-corrected chi connectivity index (χ3v) is 11.0. The second-order valence-corrected chi connectivity index (χ2v) is 16.1. The van der Waals surface area contributed by atoms with E-state index in [1.54, 1.807) is 10.3 Å². The number of benzene rings is 2. The van der Waals surface area contributed by atoms with Crippen LogP contribution in [0.2, 0.25) is 0 Å². The summed E-state index contributed by atoms with van der Waals surface area (Å²) in [6.45, 7) is 9.53. The number of carbonyl (C=O) groups is 3. The molecule has 0 saturated carbocycles. The molecule has 1 aliphatic rings. The standard InChI is InChI=1S/C35H47N7O7S2/c1-23(2)19-41(51(48,49)29-13-11-27(12-14-29)18-36-47)21-31(44)30(17-26-9-7-6-8-10-26)39-33(45)32(24(3)4)42-16-15-40(35(42)46)20-28-22-50-34(38-28)37-25(5)43/h6-14,18,22-24,30-32,44,47H,15-17,19-21H2,1-5H3,(H,39,45)(H,37,38,43)/t30-,31-,32-/m0/s1. The SMILES string of the molecule is CC(=O)Nc1nc(CN2CCN([C@H](C(=O)N[C@@H](Cc3ccccc3)[C@@H](O)CN(CC(C)C)S(=O)(=O)c3ccc(C=NO)cc3)C(C)C)C2=O)cs1. The molecule has 0 bridgehead atoms. The highest BCUT2D eigenvalue weighted by Crippen LogP contribution is 2.24. The number of carbonyl (C=O) groups excluding carboxylic acids is 3. The highest BCUT2D eigenvalue weighted by atomic mass is 32.2. The Bertz CT molecular complexity index is 1770. The maximum atomic E-state index is 14.1. The van der Waals surface area contributed by atoms with Crippen molar-refractivity contribution in [1.82, 2.24) is 24.4 Å². The number of anilines is 1. The molecule has 14 nitrogen and oxygen atoms in total. The van der Waals surface area contributed by atoms with Crippen LogP contribution >= 0.6 is 11.3 Å². The minimum atomic E-state index is -4.07. The summed E-state index contributed by atoms with van der Waals surface area (Å²) >= 11 is 1.26. The van der Waals surface area contributed by atoms with Crippen molar-refractivity contribution in [2.75, 3.05) is 31.5 Å². The van der Waals surface area contributed by atoms with Crippen LogP contribution < -0.4 is 10.6 Å². The summed E-state index contributed by atoms with van der Waals surface area (Å²) < 4.78 is 29.0. The van der Waals surface area contributed by atoms with E-state index in [1.165, 1.54) is 57.9 Å². The summed E-state index contributed by atoms with van der Waals surface area (Å²) in [7, 11) is -4.07. The van der Waals surface area contributed by atoms with Crippen LogP contribution in [0.25, 0.3) is 0 Å². The molecule has 51 heavy (non-hydrogen) atoms. The number of nitrogens with one attached hydrogen (secondary N) is 2. The lowest BCUT2D eigenvalue weighted by molar-refractivity contribution is -0.128. The first-order valence-corrected chi connectivity index (χ1v) is 19.1. The van der Waals surface area contributed by atoms with Crippen molar-refractivity contribution in [3.63, 3.8) is 0 Å². The van der Waals surface area contributed by atoms with Gasteiger partial charge in [0.1, 0.15) is 6.04 Å². The van der Waals surface area contributed by atoms with Crippen molar-refractivity contribution in [1.29, 1.82) is 0 Å². The largest absolute Gasteiger partial charge is 0.411 e. The van der Waals surface area contributed by atoms with Gasteiger partial charge in [-0.05, 0) is 41.5 Å². The van der Waals surface area contributed by atoms with Crippen molar-refractivity contribution < 1.29 is 33.1 Å². The molecule has 3 atom stereocenters. The predicted octanol–water partition coefficient (Wildman–Crippen LogP) is 3.61. The summed E-state index contributed by atoms with van der Waals surface area (Å²) in [5.74, 6) is -1.06. The van der Waals surface area contributed by atoms with Crippen LogP contribution in [-0.2, 0) is 32.6 Å². The van der Waals surface area contributed by atoms with Crippen molar-refractivity contribution >= 4 is 50.6 Å². The molecule has 16 heteroatoms. The number of aliphatic hydroxyl groups excluding tert-OH is 1. The van der Waals surface area contributed by atoms with E-state index in [4.69, 9.17) is 5.21 Å². The van der Waals surface area contributed by atoms with Crippen LogP contribution in [0.4, 0.5) is 9.93 Å². The van der Waals surface area contributed by atoms with Crippen LogP contribution in [0.1, 0.15) is 51.4 Å². The fraction of sp³-hybridized carbons (Fsp3) is 0.457. The molecule has 0 radical (unpaired) electrons. The first-order valence-electron chi connectivity index (χ1n) is 16.8. The number of rotatable bonds is 17. The molecule has 2 aromatic carbocycles. The summed E-state index contributed by atoms with van der Waals surface area (Å²) in [4.78, 5) is 46.7. The topological polar surface area (TPSA) is 185 Å². The smallest absolute Gasteiger partial charge is 0.321 e. The lowest BCUT2D eigenvalue weighted by atomic mass is 9.97. The van der Waals surface area contributed by atoms with Gasteiger partial charge < -0.3 is 30.7 Å². The molecular formula is C35H47N7O7S2. The van der Waals surface area contributed by atoms with E-state index in [0.29, 0.717) is 29.5 Å². The minimum absolute atomic E-state index is 0.00930. The fourth-order valence-electron chi connectivity index (χ4n) is 5.97. The Balaban J connectivity index is 1.55. The van der Waals surface area contributed by atoms with Crippen molar-refractivity contribution in [2.45, 2.75) is 70.7 Å². The highest BCUT2D eigenvalue weighted by Gasteiger charge is 2.40. The Kier molecular flexibility index (Phi) is 13.7. The number of nitrogens with zero attached hydrogens (tertiary/aromatic N) is 5. The van der Waals surface area contributed by atoms with Gasteiger partial charge >= 0.3 is 6.03 Å². The van der Waals surface area contributed by atoms with Crippen molar-refractivity contribution in [3.8, 4) is 0 Å². The summed E-state index contributed by atoms with van der Waals surface area (Å²) in [5, 5.41) is 31.4. The van der Waals surface area contributed by atoms with E-state index in [1.807, 2.05) is 58.0 Å². The number of hydrogen-bond donors (Lipinski definition) is 4. The molecule has 4 N–H and O–H groups in total. The van der Waals surface area contributed by atoms with Gasteiger partial charge in [0.25, 0.3) is 0 Å². The molecule has 1 saturated heterocycles. The second-order valence-electron chi connectivity index (χ2n) is 13.3. The Morgan fingerprint density at radius 1 is 1.06 bits per heavy atom. The number of oxime groups is 1. The van der Waals surface area contributed by atoms with Gasteiger partial charge in [-0.25, -0.2) is 18.2 Å². The number of aliphatic hydroxyl groups is 1. The zero-order valence-corrected chi connectivity index (χ0v) is 31.1. The number of amides is 4. The Morgan fingerprint density at radius 2 is 1.75 bits per heavy atom. The first-order chi connectivity index (χ1) is 24.2. The Morgan fingerprint density at radius 3 is 2.35 bits per heavy atom. The van der Waals surface area contributed by atoms with Crippen molar-refractivity contribution in [3.05, 3.63) is 76.8 Å². The van der Waals surface area contributed by atoms with Gasteiger partial charge in [0.15, 0.2) is 5.13 Å². The average molecular weight is 742 g/mol. The zero-order valence-electron chi connectivity index (χ0n) is 29.5. The Labute approximate surface area is 303 Å².